The van der Waals surface area contributed by atoms with Gasteiger partial charge < -0.3 is 19.7 Å². The molecule has 1 heterocycles. The van der Waals surface area contributed by atoms with Gasteiger partial charge in [0.05, 0.1) is 5.02 Å². The van der Waals surface area contributed by atoms with Crippen molar-refractivity contribution in [2.45, 2.75) is 13.1 Å². The van der Waals surface area contributed by atoms with Crippen LogP contribution in [0.2, 0.25) is 5.02 Å². The van der Waals surface area contributed by atoms with E-state index in [2.05, 4.69) is 22.3 Å². The summed E-state index contributed by atoms with van der Waals surface area (Å²) in [6.07, 6.45) is 3.18. The van der Waals surface area contributed by atoms with Gasteiger partial charge in [-0.3, -0.25) is 4.79 Å². The van der Waals surface area contributed by atoms with Crippen molar-refractivity contribution >= 4 is 23.6 Å². The second-order valence-electron chi connectivity index (χ2n) is 6.34. The molecule has 136 valence electrons. The second kappa shape index (κ2) is 8.25. The number of nitrogens with zero attached hydrogens (tertiary/aromatic N) is 1. The minimum atomic E-state index is -0.170. The van der Waals surface area contributed by atoms with Crippen molar-refractivity contribution in [2.24, 2.45) is 0 Å². The van der Waals surface area contributed by atoms with E-state index >= 15 is 0 Å². The van der Waals surface area contributed by atoms with Gasteiger partial charge in [-0.05, 0) is 49.0 Å². The molecule has 5 nitrogen and oxygen atoms in total. The molecule has 2 aromatic rings. The average molecular weight is 373 g/mol. The van der Waals surface area contributed by atoms with Crippen LogP contribution < -0.4 is 14.8 Å². The van der Waals surface area contributed by atoms with Crippen LogP contribution in [0.3, 0.4) is 0 Å². The smallest absolute Gasteiger partial charge is 0.244 e. The van der Waals surface area contributed by atoms with E-state index in [4.69, 9.17) is 21.1 Å². The fourth-order valence-electron chi connectivity index (χ4n) is 2.63. The number of carbonyl (C=O) groups is 1. The average Bonchev–Trinajstić information content (AvgIpc) is 3.08. The fourth-order valence-corrected chi connectivity index (χ4v) is 2.90. The van der Waals surface area contributed by atoms with Crippen molar-refractivity contribution in [2.75, 3.05) is 20.9 Å². The summed E-state index contributed by atoms with van der Waals surface area (Å²) in [6.45, 7) is 1.54. The van der Waals surface area contributed by atoms with Gasteiger partial charge in [0.15, 0.2) is 11.5 Å². The number of ether oxygens (including phenoxy) is 2. The van der Waals surface area contributed by atoms with Crippen molar-refractivity contribution in [1.82, 2.24) is 10.2 Å². The molecule has 0 aromatic heterocycles. The molecular formula is C20H21ClN2O3. The van der Waals surface area contributed by atoms with Crippen LogP contribution in [-0.2, 0) is 17.9 Å². The number of fused-ring (bicyclic) bond motifs is 1. The van der Waals surface area contributed by atoms with Crippen molar-refractivity contribution in [3.8, 4) is 11.5 Å². The van der Waals surface area contributed by atoms with Gasteiger partial charge in [-0.15, -0.1) is 0 Å². The third-order valence-corrected chi connectivity index (χ3v) is 4.15. The molecule has 0 unspecified atom stereocenters. The topological polar surface area (TPSA) is 50.8 Å². The van der Waals surface area contributed by atoms with Gasteiger partial charge >= 0.3 is 0 Å². The Bertz CT molecular complexity index is 817. The molecule has 0 spiro atoms. The summed E-state index contributed by atoms with van der Waals surface area (Å²) in [5, 5.41) is 3.34. The Kier molecular flexibility index (Phi) is 5.81. The summed E-state index contributed by atoms with van der Waals surface area (Å²) < 4.78 is 10.6. The molecule has 6 heteroatoms. The Morgan fingerprint density at radius 3 is 2.65 bits per heavy atom. The van der Waals surface area contributed by atoms with E-state index in [1.54, 1.807) is 18.2 Å². The summed E-state index contributed by atoms with van der Waals surface area (Å²) in [5.74, 6) is 0.970. The first kappa shape index (κ1) is 18.3. The molecule has 1 amide bonds. The molecule has 0 fully saturated rings. The first-order valence-corrected chi connectivity index (χ1v) is 8.66. The Morgan fingerprint density at radius 1 is 1.19 bits per heavy atom. The molecular weight excluding hydrogens is 352 g/mol. The first-order chi connectivity index (χ1) is 12.5. The van der Waals surface area contributed by atoms with E-state index in [1.165, 1.54) is 11.6 Å². The van der Waals surface area contributed by atoms with Crippen LogP contribution in [-0.4, -0.2) is 31.7 Å². The fraction of sp³-hybridized carbons (Fsp3) is 0.250. The molecule has 26 heavy (non-hydrogen) atoms. The highest BCUT2D eigenvalue weighted by Gasteiger charge is 2.17. The first-order valence-electron chi connectivity index (χ1n) is 8.29. The zero-order valence-corrected chi connectivity index (χ0v) is 15.5. The summed E-state index contributed by atoms with van der Waals surface area (Å²) in [6, 6.07) is 11.7. The summed E-state index contributed by atoms with van der Waals surface area (Å²) in [7, 11) is 4.07. The van der Waals surface area contributed by atoms with Crippen LogP contribution in [0.15, 0.2) is 42.5 Å². The van der Waals surface area contributed by atoms with Gasteiger partial charge in [0.2, 0.25) is 12.7 Å². The third kappa shape index (κ3) is 4.77. The van der Waals surface area contributed by atoms with Crippen molar-refractivity contribution < 1.29 is 14.3 Å². The molecule has 1 aliphatic rings. The van der Waals surface area contributed by atoms with E-state index in [0.717, 1.165) is 17.7 Å². The quantitative estimate of drug-likeness (QED) is 0.789. The Hall–Kier alpha value is -2.50. The van der Waals surface area contributed by atoms with Crippen LogP contribution in [0.1, 0.15) is 16.7 Å². The zero-order valence-electron chi connectivity index (χ0n) is 14.8. The molecule has 0 atom stereocenters. The monoisotopic (exact) mass is 372 g/mol. The largest absolute Gasteiger partial charge is 0.454 e. The number of hydrogen-bond acceptors (Lipinski definition) is 4. The van der Waals surface area contributed by atoms with Gasteiger partial charge in [-0.2, -0.15) is 0 Å². The maximum atomic E-state index is 12.0. The van der Waals surface area contributed by atoms with Crippen LogP contribution in [0.25, 0.3) is 6.08 Å². The molecule has 0 radical (unpaired) electrons. The highest BCUT2D eigenvalue weighted by molar-refractivity contribution is 6.32. The lowest BCUT2D eigenvalue weighted by Gasteiger charge is -2.10. The van der Waals surface area contributed by atoms with Gasteiger partial charge in [0.25, 0.3) is 0 Å². The minimum Gasteiger partial charge on any atom is -0.454 e. The lowest BCUT2D eigenvalue weighted by atomic mass is 10.1. The Morgan fingerprint density at radius 2 is 1.92 bits per heavy atom. The number of halogens is 1. The highest BCUT2D eigenvalue weighted by atomic mass is 35.5. The van der Waals surface area contributed by atoms with Crippen LogP contribution in [0.5, 0.6) is 11.5 Å². The zero-order chi connectivity index (χ0) is 18.5. The summed E-state index contributed by atoms with van der Waals surface area (Å²) >= 11 is 6.13. The number of carbonyl (C=O) groups excluding carboxylic acids is 1. The van der Waals surface area contributed by atoms with Gasteiger partial charge in [0.1, 0.15) is 0 Å². The lowest BCUT2D eigenvalue weighted by molar-refractivity contribution is -0.116. The molecule has 1 aliphatic heterocycles. The molecule has 2 aromatic carbocycles. The normalized spacial score (nSPS) is 12.8. The minimum absolute atomic E-state index is 0.163. The third-order valence-electron chi connectivity index (χ3n) is 3.87. The van der Waals surface area contributed by atoms with Crippen LogP contribution >= 0.6 is 11.6 Å². The molecule has 1 N–H and O–H groups in total. The number of amides is 1. The van der Waals surface area contributed by atoms with Crippen LogP contribution in [0.4, 0.5) is 0 Å². The molecule has 0 aliphatic carbocycles. The number of hydrogen-bond donors (Lipinski definition) is 1. The predicted molar refractivity (Wildman–Crippen MR) is 102 cm³/mol. The Balaban J connectivity index is 1.54. The summed E-state index contributed by atoms with van der Waals surface area (Å²) in [5.41, 5.74) is 3.08. The molecule has 0 saturated carbocycles. The van der Waals surface area contributed by atoms with Gasteiger partial charge in [-0.1, -0.05) is 35.9 Å². The van der Waals surface area contributed by atoms with Gasteiger partial charge in [-0.25, -0.2) is 0 Å². The van der Waals surface area contributed by atoms with Gasteiger partial charge in [0, 0.05) is 19.2 Å². The predicted octanol–water partition coefficient (Wildman–Crippen LogP) is 3.46. The van der Waals surface area contributed by atoms with E-state index in [-0.39, 0.29) is 12.7 Å². The highest BCUT2D eigenvalue weighted by Crippen LogP contribution is 2.40. The molecule has 3 rings (SSSR count). The number of rotatable bonds is 6. The SMILES string of the molecule is CN(C)Cc1ccc(CNC(=O)/C=C/c2cc(Cl)c3c(c2)OCO3)cc1. The van der Waals surface area contributed by atoms with Crippen LogP contribution in [0, 0.1) is 0 Å². The maximum absolute atomic E-state index is 12.0. The maximum Gasteiger partial charge on any atom is 0.244 e. The van der Waals surface area contributed by atoms with E-state index in [1.807, 2.05) is 26.2 Å². The summed E-state index contributed by atoms with van der Waals surface area (Å²) in [4.78, 5) is 14.1. The van der Waals surface area contributed by atoms with E-state index < -0.39 is 0 Å². The second-order valence-corrected chi connectivity index (χ2v) is 6.75. The lowest BCUT2D eigenvalue weighted by Crippen LogP contribution is -2.20. The number of nitrogens with one attached hydrogen (secondary N) is 1. The van der Waals surface area contributed by atoms with E-state index in [9.17, 15) is 4.79 Å². The van der Waals surface area contributed by atoms with E-state index in [0.29, 0.717) is 23.1 Å². The molecule has 0 saturated heterocycles. The molecule has 0 bridgehead atoms. The number of benzene rings is 2. The van der Waals surface area contributed by atoms with Crippen molar-refractivity contribution in [3.05, 3.63) is 64.2 Å². The standard InChI is InChI=1S/C20H21ClN2O3/c1-23(2)12-15-5-3-14(4-6-15)11-22-19(24)8-7-16-9-17(21)20-18(10-16)25-13-26-20/h3-10H,11-13H2,1-2H3,(H,22,24)/b8-7+. The van der Waals surface area contributed by atoms with Crippen molar-refractivity contribution in [1.29, 1.82) is 0 Å². The Labute approximate surface area is 158 Å². The van der Waals surface area contributed by atoms with Crippen molar-refractivity contribution in [3.63, 3.8) is 0 Å².